The van der Waals surface area contributed by atoms with Gasteiger partial charge in [-0.3, -0.25) is 4.79 Å². The Morgan fingerprint density at radius 2 is 1.90 bits per heavy atom. The molecule has 7 nitrogen and oxygen atoms in total. The standard InChI is InChI=1S/C22H23N5O2/c28-21-10-5-13-26(21)20-9-4-6-18(14-20)25-22(29)23-12-11-17-15-24-27(16-17)19-7-2-1-3-8-19/h1-4,6-9,14-16H,5,10-13H2,(H2,23,25,29). The number of amides is 3. The van der Waals surface area contributed by atoms with Gasteiger partial charge in [-0.05, 0) is 48.7 Å². The molecule has 0 atom stereocenters. The molecule has 2 N–H and O–H groups in total. The number of rotatable bonds is 6. The highest BCUT2D eigenvalue weighted by Crippen LogP contribution is 2.24. The first kappa shape index (κ1) is 18.7. The average Bonchev–Trinajstić information content (AvgIpc) is 3.38. The largest absolute Gasteiger partial charge is 0.338 e. The zero-order chi connectivity index (χ0) is 20.1. The number of hydrogen-bond acceptors (Lipinski definition) is 3. The topological polar surface area (TPSA) is 79.3 Å². The van der Waals surface area contributed by atoms with Crippen LogP contribution in [0, 0.1) is 0 Å². The quantitative estimate of drug-likeness (QED) is 0.678. The van der Waals surface area contributed by atoms with Crippen LogP contribution in [0.1, 0.15) is 18.4 Å². The molecule has 3 amide bonds. The Hall–Kier alpha value is -3.61. The summed E-state index contributed by atoms with van der Waals surface area (Å²) in [5.41, 5.74) is 3.53. The van der Waals surface area contributed by atoms with Gasteiger partial charge >= 0.3 is 6.03 Å². The van der Waals surface area contributed by atoms with Gasteiger partial charge in [-0.2, -0.15) is 5.10 Å². The smallest absolute Gasteiger partial charge is 0.319 e. The maximum atomic E-state index is 12.2. The van der Waals surface area contributed by atoms with Crippen molar-refractivity contribution in [3.8, 4) is 5.69 Å². The van der Waals surface area contributed by atoms with Crippen LogP contribution < -0.4 is 15.5 Å². The number of urea groups is 1. The molecule has 0 spiro atoms. The third-order valence-corrected chi connectivity index (χ3v) is 4.85. The second kappa shape index (κ2) is 8.60. The van der Waals surface area contributed by atoms with E-state index in [9.17, 15) is 9.59 Å². The first-order valence-electron chi connectivity index (χ1n) is 9.73. The molecule has 1 aliphatic heterocycles. The molecule has 2 aromatic carbocycles. The molecule has 0 aliphatic carbocycles. The third kappa shape index (κ3) is 4.63. The van der Waals surface area contributed by atoms with Crippen LogP contribution in [0.4, 0.5) is 16.2 Å². The predicted molar refractivity (Wildman–Crippen MR) is 112 cm³/mol. The molecule has 4 rings (SSSR count). The Bertz CT molecular complexity index is 999. The molecule has 29 heavy (non-hydrogen) atoms. The van der Waals surface area contributed by atoms with Gasteiger partial charge in [-0.1, -0.05) is 24.3 Å². The van der Waals surface area contributed by atoms with Crippen LogP contribution in [0.15, 0.2) is 67.0 Å². The minimum Gasteiger partial charge on any atom is -0.338 e. The summed E-state index contributed by atoms with van der Waals surface area (Å²) >= 11 is 0. The number of nitrogens with one attached hydrogen (secondary N) is 2. The lowest BCUT2D eigenvalue weighted by molar-refractivity contribution is -0.117. The lowest BCUT2D eigenvalue weighted by atomic mass is 10.2. The average molecular weight is 389 g/mol. The summed E-state index contributed by atoms with van der Waals surface area (Å²) in [6.07, 6.45) is 5.91. The predicted octanol–water partition coefficient (Wildman–Crippen LogP) is 3.36. The monoisotopic (exact) mass is 389 g/mol. The molecule has 7 heteroatoms. The normalized spacial score (nSPS) is 13.5. The Kier molecular flexibility index (Phi) is 5.56. The second-order valence-electron chi connectivity index (χ2n) is 6.96. The van der Waals surface area contributed by atoms with Gasteiger partial charge < -0.3 is 15.5 Å². The lowest BCUT2D eigenvalue weighted by Crippen LogP contribution is -2.30. The minimum atomic E-state index is -0.273. The zero-order valence-corrected chi connectivity index (χ0v) is 16.0. The molecule has 0 unspecified atom stereocenters. The van der Waals surface area contributed by atoms with E-state index >= 15 is 0 Å². The van der Waals surface area contributed by atoms with E-state index in [0.29, 0.717) is 25.1 Å². The number of benzene rings is 2. The zero-order valence-electron chi connectivity index (χ0n) is 16.0. The van der Waals surface area contributed by atoms with E-state index in [2.05, 4.69) is 15.7 Å². The summed E-state index contributed by atoms with van der Waals surface area (Å²) in [6.45, 7) is 1.22. The molecule has 1 aliphatic rings. The Morgan fingerprint density at radius 3 is 2.69 bits per heavy atom. The number of anilines is 2. The molecular weight excluding hydrogens is 366 g/mol. The molecule has 0 saturated carbocycles. The van der Waals surface area contributed by atoms with E-state index in [4.69, 9.17) is 0 Å². The Morgan fingerprint density at radius 1 is 1.07 bits per heavy atom. The number of carbonyl (C=O) groups is 2. The van der Waals surface area contributed by atoms with Gasteiger partial charge in [0.05, 0.1) is 11.9 Å². The van der Waals surface area contributed by atoms with Crippen molar-refractivity contribution in [1.82, 2.24) is 15.1 Å². The number of hydrogen-bond donors (Lipinski definition) is 2. The van der Waals surface area contributed by atoms with E-state index in [1.807, 2.05) is 71.7 Å². The van der Waals surface area contributed by atoms with Crippen LogP contribution >= 0.6 is 0 Å². The summed E-state index contributed by atoms with van der Waals surface area (Å²) in [5.74, 6) is 0.127. The first-order chi connectivity index (χ1) is 14.2. The minimum absolute atomic E-state index is 0.127. The van der Waals surface area contributed by atoms with Gasteiger partial charge in [0.25, 0.3) is 0 Å². The molecular formula is C22H23N5O2. The highest BCUT2D eigenvalue weighted by atomic mass is 16.2. The number of carbonyl (C=O) groups excluding carboxylic acids is 2. The fourth-order valence-corrected chi connectivity index (χ4v) is 3.38. The second-order valence-corrected chi connectivity index (χ2v) is 6.96. The van der Waals surface area contributed by atoms with Gasteiger partial charge in [0.15, 0.2) is 0 Å². The van der Waals surface area contributed by atoms with Crippen molar-refractivity contribution in [3.63, 3.8) is 0 Å². The number of aromatic nitrogens is 2. The van der Waals surface area contributed by atoms with E-state index < -0.39 is 0 Å². The van der Waals surface area contributed by atoms with Crippen molar-refractivity contribution in [2.75, 3.05) is 23.3 Å². The van der Waals surface area contributed by atoms with Crippen LogP contribution in [0.3, 0.4) is 0 Å². The van der Waals surface area contributed by atoms with Crippen molar-refractivity contribution in [2.45, 2.75) is 19.3 Å². The van der Waals surface area contributed by atoms with E-state index in [0.717, 1.165) is 29.9 Å². The van der Waals surface area contributed by atoms with Crippen LogP contribution in [-0.4, -0.2) is 34.8 Å². The summed E-state index contributed by atoms with van der Waals surface area (Å²) in [4.78, 5) is 25.9. The van der Waals surface area contributed by atoms with Crippen molar-refractivity contribution in [2.24, 2.45) is 0 Å². The summed E-state index contributed by atoms with van der Waals surface area (Å²) in [6, 6.07) is 17.0. The molecule has 0 bridgehead atoms. The van der Waals surface area contributed by atoms with Crippen LogP contribution in [0.2, 0.25) is 0 Å². The van der Waals surface area contributed by atoms with E-state index in [1.165, 1.54) is 0 Å². The van der Waals surface area contributed by atoms with Gasteiger partial charge in [0.1, 0.15) is 0 Å². The van der Waals surface area contributed by atoms with Gasteiger partial charge in [-0.25, -0.2) is 9.48 Å². The van der Waals surface area contributed by atoms with Gasteiger partial charge in [0, 0.05) is 37.1 Å². The Labute approximate surface area is 169 Å². The van der Waals surface area contributed by atoms with Crippen molar-refractivity contribution in [1.29, 1.82) is 0 Å². The highest BCUT2D eigenvalue weighted by Gasteiger charge is 2.21. The lowest BCUT2D eigenvalue weighted by Gasteiger charge is -2.16. The molecule has 1 fully saturated rings. The summed E-state index contributed by atoms with van der Waals surface area (Å²) in [5, 5.41) is 10.0. The molecule has 148 valence electrons. The highest BCUT2D eigenvalue weighted by molar-refractivity contribution is 5.96. The van der Waals surface area contributed by atoms with Crippen molar-refractivity contribution in [3.05, 3.63) is 72.6 Å². The molecule has 2 heterocycles. The maximum Gasteiger partial charge on any atom is 0.319 e. The fourth-order valence-electron chi connectivity index (χ4n) is 3.38. The third-order valence-electron chi connectivity index (χ3n) is 4.85. The van der Waals surface area contributed by atoms with Gasteiger partial charge in [-0.15, -0.1) is 0 Å². The van der Waals surface area contributed by atoms with Crippen molar-refractivity contribution >= 4 is 23.3 Å². The van der Waals surface area contributed by atoms with Crippen molar-refractivity contribution < 1.29 is 9.59 Å². The Balaban J connectivity index is 1.28. The maximum absolute atomic E-state index is 12.2. The molecule has 1 aromatic heterocycles. The summed E-state index contributed by atoms with van der Waals surface area (Å²) in [7, 11) is 0. The summed E-state index contributed by atoms with van der Waals surface area (Å²) < 4.78 is 1.82. The van der Waals surface area contributed by atoms with Crippen LogP contribution in [0.5, 0.6) is 0 Å². The number of nitrogens with zero attached hydrogens (tertiary/aromatic N) is 3. The van der Waals surface area contributed by atoms with E-state index in [-0.39, 0.29) is 11.9 Å². The first-order valence-corrected chi connectivity index (χ1v) is 9.73. The van der Waals surface area contributed by atoms with E-state index in [1.54, 1.807) is 4.90 Å². The molecule has 1 saturated heterocycles. The number of para-hydroxylation sites is 1. The molecule has 0 radical (unpaired) electrons. The SMILES string of the molecule is O=C(NCCc1cnn(-c2ccccc2)c1)Nc1cccc(N2CCCC2=O)c1. The van der Waals surface area contributed by atoms with Crippen LogP contribution in [0.25, 0.3) is 5.69 Å². The molecule has 3 aromatic rings. The van der Waals surface area contributed by atoms with Crippen LogP contribution in [-0.2, 0) is 11.2 Å². The van der Waals surface area contributed by atoms with Gasteiger partial charge in [0.2, 0.25) is 5.91 Å². The fraction of sp³-hybridized carbons (Fsp3) is 0.227.